The fourth-order valence-corrected chi connectivity index (χ4v) is 1.68. The third-order valence-corrected chi connectivity index (χ3v) is 2.76. The van der Waals surface area contributed by atoms with E-state index in [9.17, 15) is 4.79 Å². The average molecular weight is 256 g/mol. The van der Waals surface area contributed by atoms with E-state index in [1.165, 1.54) is 0 Å². The molecular weight excluding hydrogens is 240 g/mol. The normalized spacial score (nSPS) is 10.0. The summed E-state index contributed by atoms with van der Waals surface area (Å²) in [7, 11) is 1.59. The Kier molecular flexibility index (Phi) is 4.13. The highest BCUT2D eigenvalue weighted by Crippen LogP contribution is 2.13. The summed E-state index contributed by atoms with van der Waals surface area (Å²) in [5.74, 6) is 1.12. The molecule has 0 unspecified atom stereocenters. The van der Waals surface area contributed by atoms with E-state index in [0.717, 1.165) is 17.9 Å². The number of anilines is 1. The monoisotopic (exact) mass is 256 g/mol. The Bertz CT molecular complexity index is 565. The van der Waals surface area contributed by atoms with Crippen molar-refractivity contribution in [2.45, 2.75) is 13.3 Å². The molecule has 0 atom stereocenters. The maximum absolute atomic E-state index is 12.0. The number of hydrogen-bond acceptors (Lipinski definition) is 3. The zero-order chi connectivity index (χ0) is 13.7. The van der Waals surface area contributed by atoms with Crippen LogP contribution in [-0.2, 0) is 6.42 Å². The van der Waals surface area contributed by atoms with Gasteiger partial charge in [-0.15, -0.1) is 0 Å². The predicted molar refractivity (Wildman–Crippen MR) is 74.6 cm³/mol. The van der Waals surface area contributed by atoms with Crippen molar-refractivity contribution in [3.05, 3.63) is 53.7 Å². The zero-order valence-electron chi connectivity index (χ0n) is 11.0. The maximum Gasteiger partial charge on any atom is 0.256 e. The third-order valence-electron chi connectivity index (χ3n) is 2.76. The van der Waals surface area contributed by atoms with Gasteiger partial charge in [-0.3, -0.25) is 4.79 Å². The van der Waals surface area contributed by atoms with Crippen molar-refractivity contribution in [2.24, 2.45) is 0 Å². The minimum atomic E-state index is -0.177. The Hall–Kier alpha value is -2.36. The molecule has 0 spiro atoms. The van der Waals surface area contributed by atoms with Crippen LogP contribution in [0.1, 0.15) is 23.0 Å². The highest BCUT2D eigenvalue weighted by Gasteiger charge is 2.07. The molecule has 0 aliphatic heterocycles. The summed E-state index contributed by atoms with van der Waals surface area (Å²) in [6.07, 6.45) is 0.840. The van der Waals surface area contributed by atoms with Crippen molar-refractivity contribution in [3.63, 3.8) is 0 Å². The number of nitrogens with zero attached hydrogens (tertiary/aromatic N) is 1. The van der Waals surface area contributed by atoms with Crippen LogP contribution in [0.2, 0.25) is 0 Å². The second kappa shape index (κ2) is 6.00. The average Bonchev–Trinajstić information content (AvgIpc) is 2.47. The first-order chi connectivity index (χ1) is 9.22. The minimum Gasteiger partial charge on any atom is -0.497 e. The molecule has 19 heavy (non-hydrogen) atoms. The molecule has 0 aliphatic rings. The van der Waals surface area contributed by atoms with Crippen LogP contribution in [0.15, 0.2) is 42.5 Å². The molecule has 0 fully saturated rings. The molecule has 1 N–H and O–H groups in total. The lowest BCUT2D eigenvalue weighted by molar-refractivity contribution is 0.102. The number of hydrogen-bond donors (Lipinski definition) is 1. The van der Waals surface area contributed by atoms with Crippen molar-refractivity contribution < 1.29 is 9.53 Å². The Morgan fingerprint density at radius 2 is 1.95 bits per heavy atom. The largest absolute Gasteiger partial charge is 0.497 e. The van der Waals surface area contributed by atoms with E-state index in [4.69, 9.17) is 4.74 Å². The van der Waals surface area contributed by atoms with Gasteiger partial charge in [0.25, 0.3) is 5.91 Å². The number of pyridine rings is 1. The van der Waals surface area contributed by atoms with Crippen molar-refractivity contribution in [3.8, 4) is 5.75 Å². The van der Waals surface area contributed by atoms with Crippen LogP contribution in [0, 0.1) is 0 Å². The minimum absolute atomic E-state index is 0.177. The quantitative estimate of drug-likeness (QED) is 0.915. The van der Waals surface area contributed by atoms with Crippen molar-refractivity contribution >= 4 is 11.7 Å². The standard InChI is InChI=1S/C15H16N2O2/c1-3-12-5-4-6-14(16-12)17-15(18)11-7-9-13(19-2)10-8-11/h4-10H,3H2,1-2H3,(H,16,17,18). The van der Waals surface area contributed by atoms with Gasteiger partial charge in [-0.2, -0.15) is 0 Å². The Labute approximate surface area is 112 Å². The van der Waals surface area contributed by atoms with Crippen LogP contribution in [0.25, 0.3) is 0 Å². The first-order valence-electron chi connectivity index (χ1n) is 6.14. The topological polar surface area (TPSA) is 51.2 Å². The molecule has 1 aromatic carbocycles. The predicted octanol–water partition coefficient (Wildman–Crippen LogP) is 2.90. The molecule has 1 amide bonds. The molecule has 4 nitrogen and oxygen atoms in total. The van der Waals surface area contributed by atoms with Gasteiger partial charge in [-0.25, -0.2) is 4.98 Å². The molecule has 1 heterocycles. The fraction of sp³-hybridized carbons (Fsp3) is 0.200. The number of aromatic nitrogens is 1. The fourth-order valence-electron chi connectivity index (χ4n) is 1.68. The molecule has 0 radical (unpaired) electrons. The Balaban J connectivity index is 2.11. The molecule has 0 saturated heterocycles. The van der Waals surface area contributed by atoms with Gasteiger partial charge in [0.1, 0.15) is 11.6 Å². The van der Waals surface area contributed by atoms with E-state index in [1.807, 2.05) is 19.1 Å². The van der Waals surface area contributed by atoms with Gasteiger partial charge in [0, 0.05) is 11.3 Å². The van der Waals surface area contributed by atoms with E-state index >= 15 is 0 Å². The van der Waals surface area contributed by atoms with Crippen LogP contribution < -0.4 is 10.1 Å². The summed E-state index contributed by atoms with van der Waals surface area (Å²) in [6.45, 7) is 2.03. The molecular formula is C15H16N2O2. The highest BCUT2D eigenvalue weighted by molar-refractivity contribution is 6.03. The molecule has 2 rings (SSSR count). The number of amides is 1. The molecule has 1 aromatic heterocycles. The van der Waals surface area contributed by atoms with Crippen molar-refractivity contribution in [1.29, 1.82) is 0 Å². The highest BCUT2D eigenvalue weighted by atomic mass is 16.5. The Morgan fingerprint density at radius 3 is 2.58 bits per heavy atom. The third kappa shape index (κ3) is 3.31. The van der Waals surface area contributed by atoms with Gasteiger partial charge >= 0.3 is 0 Å². The summed E-state index contributed by atoms with van der Waals surface area (Å²) in [5.41, 5.74) is 1.53. The summed E-state index contributed by atoms with van der Waals surface area (Å²) < 4.78 is 5.05. The number of nitrogens with one attached hydrogen (secondary N) is 1. The van der Waals surface area contributed by atoms with E-state index in [-0.39, 0.29) is 5.91 Å². The second-order valence-corrected chi connectivity index (χ2v) is 4.05. The molecule has 2 aromatic rings. The van der Waals surface area contributed by atoms with Gasteiger partial charge in [0.05, 0.1) is 7.11 Å². The summed E-state index contributed by atoms with van der Waals surface area (Å²) in [5, 5.41) is 2.78. The number of carbonyl (C=O) groups excluding carboxylic acids is 1. The van der Waals surface area contributed by atoms with Gasteiger partial charge in [0.2, 0.25) is 0 Å². The lowest BCUT2D eigenvalue weighted by atomic mass is 10.2. The van der Waals surface area contributed by atoms with Crippen LogP contribution in [-0.4, -0.2) is 18.0 Å². The van der Waals surface area contributed by atoms with Gasteiger partial charge in [-0.1, -0.05) is 13.0 Å². The molecule has 0 aliphatic carbocycles. The summed E-state index contributed by atoms with van der Waals surface area (Å²) in [4.78, 5) is 16.4. The molecule has 98 valence electrons. The van der Waals surface area contributed by atoms with Gasteiger partial charge in [0.15, 0.2) is 0 Å². The van der Waals surface area contributed by atoms with E-state index in [1.54, 1.807) is 37.4 Å². The smallest absolute Gasteiger partial charge is 0.256 e. The van der Waals surface area contributed by atoms with Crippen LogP contribution in [0.4, 0.5) is 5.82 Å². The first kappa shape index (κ1) is 13.1. The van der Waals surface area contributed by atoms with Crippen molar-refractivity contribution in [1.82, 2.24) is 4.98 Å². The second-order valence-electron chi connectivity index (χ2n) is 4.05. The molecule has 4 heteroatoms. The van der Waals surface area contributed by atoms with Crippen LogP contribution >= 0.6 is 0 Å². The number of benzene rings is 1. The number of carbonyl (C=O) groups is 1. The lowest BCUT2D eigenvalue weighted by Gasteiger charge is -2.06. The van der Waals surface area contributed by atoms with Gasteiger partial charge in [-0.05, 0) is 42.8 Å². The number of methoxy groups -OCH3 is 1. The first-order valence-corrected chi connectivity index (χ1v) is 6.14. The number of rotatable bonds is 4. The van der Waals surface area contributed by atoms with Crippen molar-refractivity contribution in [2.75, 3.05) is 12.4 Å². The maximum atomic E-state index is 12.0. The van der Waals surface area contributed by atoms with Gasteiger partial charge < -0.3 is 10.1 Å². The van der Waals surface area contributed by atoms with E-state index < -0.39 is 0 Å². The lowest BCUT2D eigenvalue weighted by Crippen LogP contribution is -2.13. The number of aryl methyl sites for hydroxylation is 1. The molecule has 0 bridgehead atoms. The van der Waals surface area contributed by atoms with Crippen LogP contribution in [0.5, 0.6) is 5.75 Å². The van der Waals surface area contributed by atoms with Crippen LogP contribution in [0.3, 0.4) is 0 Å². The molecule has 0 saturated carbocycles. The summed E-state index contributed by atoms with van der Waals surface area (Å²) in [6, 6.07) is 12.5. The number of ether oxygens (including phenoxy) is 1. The summed E-state index contributed by atoms with van der Waals surface area (Å²) >= 11 is 0. The zero-order valence-corrected chi connectivity index (χ0v) is 11.0. The van der Waals surface area contributed by atoms with E-state index in [0.29, 0.717) is 11.4 Å². The van der Waals surface area contributed by atoms with E-state index in [2.05, 4.69) is 10.3 Å². The SMILES string of the molecule is CCc1cccc(NC(=O)c2ccc(OC)cc2)n1. The Morgan fingerprint density at radius 1 is 1.21 bits per heavy atom.